The molecule has 3 N–H and O–H groups in total. The molecule has 0 aliphatic heterocycles. The van der Waals surface area contributed by atoms with E-state index in [9.17, 15) is 4.79 Å². The highest BCUT2D eigenvalue weighted by Gasteiger charge is 1.96. The summed E-state index contributed by atoms with van der Waals surface area (Å²) in [5, 5.41) is 2.61. The van der Waals surface area contributed by atoms with Crippen LogP contribution in [0.4, 0.5) is 5.69 Å². The molecule has 1 aromatic rings. The minimum Gasteiger partial charge on any atom is -0.398 e. The van der Waals surface area contributed by atoms with E-state index in [0.717, 1.165) is 12.0 Å². The number of nitrogen functional groups attached to an aromatic ring is 1. The van der Waals surface area contributed by atoms with E-state index < -0.39 is 0 Å². The lowest BCUT2D eigenvalue weighted by atomic mass is 10.1. The van der Waals surface area contributed by atoms with Gasteiger partial charge in [0.1, 0.15) is 0 Å². The zero-order valence-electron chi connectivity index (χ0n) is 9.63. The molecule has 3 nitrogen and oxygen atoms in total. The summed E-state index contributed by atoms with van der Waals surface area (Å²) in [5.74, 6) is 5.74. The van der Waals surface area contributed by atoms with Crippen LogP contribution in [0.2, 0.25) is 0 Å². The van der Waals surface area contributed by atoms with Crippen LogP contribution in [0.1, 0.15) is 25.0 Å². The molecule has 0 aliphatic rings. The Kier molecular flexibility index (Phi) is 4.41. The van der Waals surface area contributed by atoms with Crippen molar-refractivity contribution in [2.45, 2.75) is 20.3 Å². The lowest BCUT2D eigenvalue weighted by molar-refractivity contribution is -0.118. The van der Waals surface area contributed by atoms with Gasteiger partial charge in [-0.05, 0) is 24.1 Å². The maximum Gasteiger partial charge on any atom is 0.217 e. The van der Waals surface area contributed by atoms with E-state index in [2.05, 4.69) is 24.1 Å². The number of anilines is 1. The van der Waals surface area contributed by atoms with Gasteiger partial charge >= 0.3 is 0 Å². The molecule has 0 heterocycles. The highest BCUT2D eigenvalue weighted by atomic mass is 16.1. The molecule has 0 atom stereocenters. The van der Waals surface area contributed by atoms with Gasteiger partial charge in [-0.2, -0.15) is 0 Å². The number of amides is 1. The number of hydrogen-bond acceptors (Lipinski definition) is 2. The Balaban J connectivity index is 2.75. The molecular weight excluding hydrogens is 200 g/mol. The molecule has 3 heteroatoms. The van der Waals surface area contributed by atoms with Gasteiger partial charge in [0.2, 0.25) is 5.91 Å². The first-order valence-corrected chi connectivity index (χ1v) is 5.25. The number of carbonyl (C=O) groups excluding carboxylic acids is 1. The highest BCUT2D eigenvalue weighted by Crippen LogP contribution is 2.13. The average Bonchev–Trinajstić information content (AvgIpc) is 2.26. The molecule has 0 bridgehead atoms. The largest absolute Gasteiger partial charge is 0.398 e. The van der Waals surface area contributed by atoms with Crippen LogP contribution in [0.5, 0.6) is 0 Å². The third-order valence-electron chi connectivity index (χ3n) is 2.17. The van der Waals surface area contributed by atoms with Crippen LogP contribution in [0.3, 0.4) is 0 Å². The van der Waals surface area contributed by atoms with E-state index in [4.69, 9.17) is 5.73 Å². The molecule has 0 spiro atoms. The normalized spacial score (nSPS) is 9.12. The molecule has 0 saturated carbocycles. The molecule has 16 heavy (non-hydrogen) atoms. The lowest BCUT2D eigenvalue weighted by Gasteiger charge is -2.01. The van der Waals surface area contributed by atoms with Gasteiger partial charge in [0.15, 0.2) is 0 Å². The maximum atomic E-state index is 10.6. The summed E-state index contributed by atoms with van der Waals surface area (Å²) in [4.78, 5) is 10.6. The highest BCUT2D eigenvalue weighted by molar-refractivity contribution is 5.73. The SMILES string of the molecule is CCc1ccc(N)c(C#CCNC(C)=O)c1. The summed E-state index contributed by atoms with van der Waals surface area (Å²) < 4.78 is 0. The first kappa shape index (κ1) is 12.1. The predicted octanol–water partition coefficient (Wildman–Crippen LogP) is 1.32. The third kappa shape index (κ3) is 3.66. The van der Waals surface area contributed by atoms with Crippen molar-refractivity contribution in [2.75, 3.05) is 12.3 Å². The molecule has 0 radical (unpaired) electrons. The van der Waals surface area contributed by atoms with Gasteiger partial charge in [-0.3, -0.25) is 4.79 Å². The Labute approximate surface area is 96.0 Å². The zero-order chi connectivity index (χ0) is 12.0. The first-order valence-electron chi connectivity index (χ1n) is 5.25. The number of hydrogen-bond donors (Lipinski definition) is 2. The lowest BCUT2D eigenvalue weighted by Crippen LogP contribution is -2.19. The van der Waals surface area contributed by atoms with Gasteiger partial charge in [-0.1, -0.05) is 24.8 Å². The Morgan fingerprint density at radius 2 is 2.25 bits per heavy atom. The molecule has 0 aromatic heterocycles. The van der Waals surface area contributed by atoms with E-state index >= 15 is 0 Å². The van der Waals surface area contributed by atoms with E-state index in [1.54, 1.807) is 0 Å². The molecule has 0 saturated heterocycles. The Morgan fingerprint density at radius 1 is 1.50 bits per heavy atom. The summed E-state index contributed by atoms with van der Waals surface area (Å²) in [6.07, 6.45) is 0.959. The van der Waals surface area contributed by atoms with Crippen LogP contribution < -0.4 is 11.1 Å². The van der Waals surface area contributed by atoms with Gasteiger partial charge < -0.3 is 11.1 Å². The van der Waals surface area contributed by atoms with Gasteiger partial charge in [-0.25, -0.2) is 0 Å². The minimum atomic E-state index is -0.0791. The van der Waals surface area contributed by atoms with Gasteiger partial charge in [0, 0.05) is 18.2 Å². The smallest absolute Gasteiger partial charge is 0.217 e. The van der Waals surface area contributed by atoms with Gasteiger partial charge in [0.25, 0.3) is 0 Å². The number of benzene rings is 1. The summed E-state index contributed by atoms with van der Waals surface area (Å²) in [6.45, 7) is 3.90. The van der Waals surface area contributed by atoms with Crippen molar-refractivity contribution < 1.29 is 4.79 Å². The molecule has 1 amide bonds. The molecule has 1 aromatic carbocycles. The van der Waals surface area contributed by atoms with E-state index in [0.29, 0.717) is 12.2 Å². The second-order valence-corrected chi connectivity index (χ2v) is 3.49. The standard InChI is InChI=1S/C13H16N2O/c1-3-11-6-7-13(14)12(9-11)5-4-8-15-10(2)16/h6-7,9H,3,8,14H2,1-2H3,(H,15,16). The summed E-state index contributed by atoms with van der Waals surface area (Å²) in [6, 6.07) is 5.84. The van der Waals surface area contributed by atoms with Crippen molar-refractivity contribution in [1.82, 2.24) is 5.32 Å². The number of nitrogens with one attached hydrogen (secondary N) is 1. The second kappa shape index (κ2) is 5.82. The van der Waals surface area contributed by atoms with Gasteiger partial charge in [0.05, 0.1) is 6.54 Å². The average molecular weight is 216 g/mol. The van der Waals surface area contributed by atoms with Crippen molar-refractivity contribution in [3.63, 3.8) is 0 Å². The molecular formula is C13H16N2O. The Hall–Kier alpha value is -1.95. The topological polar surface area (TPSA) is 55.1 Å². The monoisotopic (exact) mass is 216 g/mol. The number of carbonyl (C=O) groups is 1. The second-order valence-electron chi connectivity index (χ2n) is 3.49. The fraction of sp³-hybridized carbons (Fsp3) is 0.308. The zero-order valence-corrected chi connectivity index (χ0v) is 9.63. The van der Waals surface area contributed by atoms with Crippen LogP contribution >= 0.6 is 0 Å². The van der Waals surface area contributed by atoms with Crippen molar-refractivity contribution in [3.8, 4) is 11.8 Å². The van der Waals surface area contributed by atoms with E-state index in [-0.39, 0.29) is 5.91 Å². The van der Waals surface area contributed by atoms with Gasteiger partial charge in [-0.15, -0.1) is 0 Å². The van der Waals surface area contributed by atoms with Crippen molar-refractivity contribution in [2.24, 2.45) is 0 Å². The molecule has 0 unspecified atom stereocenters. The predicted molar refractivity (Wildman–Crippen MR) is 65.8 cm³/mol. The molecule has 84 valence electrons. The number of nitrogens with two attached hydrogens (primary N) is 1. The van der Waals surface area contributed by atoms with Crippen LogP contribution in [0.25, 0.3) is 0 Å². The molecule has 0 aliphatic carbocycles. The van der Waals surface area contributed by atoms with Crippen LogP contribution in [0, 0.1) is 11.8 Å². The summed E-state index contributed by atoms with van der Waals surface area (Å²) >= 11 is 0. The Bertz CT molecular complexity index is 441. The Morgan fingerprint density at radius 3 is 2.88 bits per heavy atom. The van der Waals surface area contributed by atoms with Crippen LogP contribution in [0.15, 0.2) is 18.2 Å². The quantitative estimate of drug-likeness (QED) is 0.578. The third-order valence-corrected chi connectivity index (χ3v) is 2.17. The van der Waals surface area contributed by atoms with Crippen molar-refractivity contribution in [3.05, 3.63) is 29.3 Å². The summed E-state index contributed by atoms with van der Waals surface area (Å²) in [5.41, 5.74) is 8.50. The van der Waals surface area contributed by atoms with Crippen LogP contribution in [-0.2, 0) is 11.2 Å². The fourth-order valence-corrected chi connectivity index (χ4v) is 1.24. The first-order chi connectivity index (χ1) is 7.63. The van der Waals surface area contributed by atoms with E-state index in [1.807, 2.05) is 18.2 Å². The molecule has 1 rings (SSSR count). The maximum absolute atomic E-state index is 10.6. The number of aryl methyl sites for hydroxylation is 1. The van der Waals surface area contributed by atoms with Crippen molar-refractivity contribution >= 4 is 11.6 Å². The van der Waals surface area contributed by atoms with E-state index in [1.165, 1.54) is 12.5 Å². The fourth-order valence-electron chi connectivity index (χ4n) is 1.24. The summed E-state index contributed by atoms with van der Waals surface area (Å²) in [7, 11) is 0. The minimum absolute atomic E-state index is 0.0791. The van der Waals surface area contributed by atoms with Crippen molar-refractivity contribution in [1.29, 1.82) is 0 Å². The number of rotatable bonds is 2. The molecule has 0 fully saturated rings. The van der Waals surface area contributed by atoms with Crippen LogP contribution in [-0.4, -0.2) is 12.5 Å².